The van der Waals surface area contributed by atoms with Gasteiger partial charge >= 0.3 is 5.97 Å². The van der Waals surface area contributed by atoms with Crippen molar-refractivity contribution in [3.63, 3.8) is 0 Å². The van der Waals surface area contributed by atoms with Crippen LogP contribution >= 0.6 is 0 Å². The largest absolute Gasteiger partial charge is 0.466 e. The number of aliphatic hydroxyl groups is 2. The molecule has 6 heteroatoms. The van der Waals surface area contributed by atoms with Gasteiger partial charge in [-0.1, -0.05) is 436 Å². The normalized spacial score (nSPS) is 12.5. The molecule has 0 saturated heterocycles. The number of esters is 1. The Kier molecular flexibility index (Phi) is 78.3. The number of carbonyl (C=O) groups is 2. The van der Waals surface area contributed by atoms with Crippen LogP contribution in [-0.4, -0.2) is 47.4 Å². The Morgan fingerprint density at radius 1 is 0.311 bits per heavy atom. The van der Waals surface area contributed by atoms with Gasteiger partial charge < -0.3 is 20.3 Å². The Balaban J connectivity index is 3.30. The third-order valence-electron chi connectivity index (χ3n) is 19.8. The van der Waals surface area contributed by atoms with Crippen LogP contribution in [0.25, 0.3) is 0 Å². The zero-order valence-corrected chi connectivity index (χ0v) is 61.4. The lowest BCUT2D eigenvalue weighted by molar-refractivity contribution is -0.143. The smallest absolute Gasteiger partial charge is 0.305 e. The predicted octanol–water partition coefficient (Wildman–Crippen LogP) is 27.6. The molecule has 0 bridgehead atoms. The summed E-state index contributed by atoms with van der Waals surface area (Å²) in [4.78, 5) is 24.6. The molecule has 2 unspecified atom stereocenters. The fourth-order valence-electron chi connectivity index (χ4n) is 13.4. The van der Waals surface area contributed by atoms with Gasteiger partial charge in [0.25, 0.3) is 0 Å². The number of carbonyl (C=O) groups excluding carboxylic acids is 2. The lowest BCUT2D eigenvalue weighted by Gasteiger charge is -2.22. The van der Waals surface area contributed by atoms with Gasteiger partial charge in [-0.15, -0.1) is 0 Å². The van der Waals surface area contributed by atoms with Gasteiger partial charge in [0.2, 0.25) is 5.91 Å². The van der Waals surface area contributed by atoms with Gasteiger partial charge in [-0.25, -0.2) is 0 Å². The monoisotopic (exact) mass is 1270 g/mol. The van der Waals surface area contributed by atoms with Gasteiger partial charge in [0.15, 0.2) is 0 Å². The SMILES string of the molecule is CCCC/C=C\C/C=C\CCCCCCCC(=O)OCCCCCCCCCCCCCCCCCCCCCCCCCCCCCCCCCCCCCCCCCC(=O)NC(CO)C(O)CCCCCCCCCCCCCCCCCCCCCC. The van der Waals surface area contributed by atoms with Gasteiger partial charge in [0.1, 0.15) is 0 Å². The van der Waals surface area contributed by atoms with Crippen molar-refractivity contribution in [2.45, 2.75) is 488 Å². The number of hydrogen-bond acceptors (Lipinski definition) is 5. The number of hydrogen-bond donors (Lipinski definition) is 3. The van der Waals surface area contributed by atoms with E-state index in [4.69, 9.17) is 4.74 Å². The zero-order valence-electron chi connectivity index (χ0n) is 61.4. The number of unbranched alkanes of at least 4 members (excludes halogenated alkanes) is 64. The molecule has 90 heavy (non-hydrogen) atoms. The molecule has 0 spiro atoms. The van der Waals surface area contributed by atoms with Crippen LogP contribution in [0.1, 0.15) is 476 Å². The van der Waals surface area contributed by atoms with Crippen molar-refractivity contribution >= 4 is 11.9 Å². The fourth-order valence-corrected chi connectivity index (χ4v) is 13.4. The molecule has 0 aromatic rings. The molecule has 534 valence electrons. The molecule has 0 aromatic carbocycles. The third-order valence-corrected chi connectivity index (χ3v) is 19.8. The van der Waals surface area contributed by atoms with Crippen molar-refractivity contribution in [2.75, 3.05) is 13.2 Å². The minimum atomic E-state index is -0.660. The van der Waals surface area contributed by atoms with Crippen LogP contribution in [-0.2, 0) is 14.3 Å². The Morgan fingerprint density at radius 3 is 0.878 bits per heavy atom. The average molecular weight is 1270 g/mol. The lowest BCUT2D eigenvalue weighted by atomic mass is 10.0. The highest BCUT2D eigenvalue weighted by atomic mass is 16.5. The van der Waals surface area contributed by atoms with Crippen LogP contribution in [0.5, 0.6) is 0 Å². The Labute approximate surface area is 564 Å². The van der Waals surface area contributed by atoms with E-state index in [0.29, 0.717) is 25.9 Å². The molecule has 0 radical (unpaired) electrons. The summed E-state index contributed by atoms with van der Waals surface area (Å²) < 4.78 is 5.49. The lowest BCUT2D eigenvalue weighted by Crippen LogP contribution is -2.45. The maximum atomic E-state index is 12.6. The number of amides is 1. The first kappa shape index (κ1) is 88.3. The molecule has 2 atom stereocenters. The quantitative estimate of drug-likeness (QED) is 0.0320. The minimum absolute atomic E-state index is 0.0102. The molecule has 0 rings (SSSR count). The molecule has 0 fully saturated rings. The molecule has 1 amide bonds. The van der Waals surface area contributed by atoms with E-state index in [-0.39, 0.29) is 18.5 Å². The Hall–Kier alpha value is -1.66. The van der Waals surface area contributed by atoms with Crippen LogP contribution in [0, 0.1) is 0 Å². The van der Waals surface area contributed by atoms with E-state index in [0.717, 1.165) is 51.4 Å². The summed E-state index contributed by atoms with van der Waals surface area (Å²) in [6.07, 6.45) is 103. The Morgan fingerprint density at radius 2 is 0.567 bits per heavy atom. The van der Waals surface area contributed by atoms with Crippen molar-refractivity contribution in [2.24, 2.45) is 0 Å². The second kappa shape index (κ2) is 79.8. The van der Waals surface area contributed by atoms with E-state index < -0.39 is 12.1 Å². The number of nitrogens with one attached hydrogen (secondary N) is 1. The van der Waals surface area contributed by atoms with Crippen molar-refractivity contribution in [3.05, 3.63) is 24.3 Å². The van der Waals surface area contributed by atoms with E-state index in [1.54, 1.807) is 0 Å². The summed E-state index contributed by atoms with van der Waals surface area (Å²) in [5.41, 5.74) is 0. The van der Waals surface area contributed by atoms with Gasteiger partial charge in [-0.2, -0.15) is 0 Å². The second-order valence-corrected chi connectivity index (χ2v) is 28.8. The molecule has 0 aliphatic carbocycles. The van der Waals surface area contributed by atoms with Gasteiger partial charge in [0, 0.05) is 12.8 Å². The maximum absolute atomic E-state index is 12.6. The van der Waals surface area contributed by atoms with Crippen LogP contribution in [0.4, 0.5) is 0 Å². The highest BCUT2D eigenvalue weighted by molar-refractivity contribution is 5.76. The van der Waals surface area contributed by atoms with E-state index in [1.165, 1.54) is 392 Å². The van der Waals surface area contributed by atoms with Gasteiger partial charge in [-0.3, -0.25) is 9.59 Å². The summed E-state index contributed by atoms with van der Waals surface area (Å²) in [6, 6.07) is -0.537. The van der Waals surface area contributed by atoms with Crippen molar-refractivity contribution in [1.82, 2.24) is 5.32 Å². The summed E-state index contributed by atoms with van der Waals surface area (Å²) >= 11 is 0. The molecule has 0 saturated carbocycles. The average Bonchev–Trinajstić information content (AvgIpc) is 3.68. The number of rotatable bonds is 79. The highest BCUT2D eigenvalue weighted by Crippen LogP contribution is 2.21. The van der Waals surface area contributed by atoms with Crippen molar-refractivity contribution in [3.8, 4) is 0 Å². The van der Waals surface area contributed by atoms with Crippen molar-refractivity contribution < 1.29 is 24.5 Å². The minimum Gasteiger partial charge on any atom is -0.466 e. The molecule has 3 N–H and O–H groups in total. The van der Waals surface area contributed by atoms with Gasteiger partial charge in [-0.05, 0) is 51.4 Å². The van der Waals surface area contributed by atoms with Crippen LogP contribution in [0.2, 0.25) is 0 Å². The maximum Gasteiger partial charge on any atom is 0.305 e. The standard InChI is InChI=1S/C84H163NO5/c1-3-5-7-9-11-13-15-17-19-20-21-43-46-49-52-56-60-64-68-72-76-82(87)81(80-86)85-83(88)77-73-69-65-61-57-53-50-47-44-41-39-37-35-33-31-29-27-25-23-22-24-26-28-30-32-34-36-38-40-42-45-48-51-55-59-63-67-71-75-79-90-84(89)78-74-70-66-62-58-54-18-16-14-12-10-8-6-4-2/h10,12,16,18,81-82,86-87H,3-9,11,13-15,17,19-80H2,1-2H3,(H,85,88)/b12-10-,18-16-. The number of ether oxygens (including phenoxy) is 1. The first-order chi connectivity index (χ1) is 44.5. The molecule has 0 aliphatic heterocycles. The van der Waals surface area contributed by atoms with E-state index in [9.17, 15) is 19.8 Å². The van der Waals surface area contributed by atoms with Crippen LogP contribution < -0.4 is 5.32 Å². The molecular formula is C84H163NO5. The predicted molar refractivity (Wildman–Crippen MR) is 398 cm³/mol. The van der Waals surface area contributed by atoms with E-state index in [1.807, 2.05) is 0 Å². The first-order valence-electron chi connectivity index (χ1n) is 41.6. The number of aliphatic hydroxyl groups excluding tert-OH is 2. The Bertz CT molecular complexity index is 1410. The molecule has 0 aromatic heterocycles. The molecule has 6 nitrogen and oxygen atoms in total. The second-order valence-electron chi connectivity index (χ2n) is 28.8. The van der Waals surface area contributed by atoms with Crippen molar-refractivity contribution in [1.29, 1.82) is 0 Å². The number of allylic oxidation sites excluding steroid dienone is 4. The summed E-state index contributed by atoms with van der Waals surface area (Å²) in [5, 5.41) is 23.5. The summed E-state index contributed by atoms with van der Waals surface area (Å²) in [7, 11) is 0. The highest BCUT2D eigenvalue weighted by Gasteiger charge is 2.20. The van der Waals surface area contributed by atoms with Gasteiger partial charge in [0.05, 0.1) is 25.4 Å². The topological polar surface area (TPSA) is 95.9 Å². The van der Waals surface area contributed by atoms with E-state index >= 15 is 0 Å². The van der Waals surface area contributed by atoms with Crippen LogP contribution in [0.15, 0.2) is 24.3 Å². The molecular weight excluding hydrogens is 1100 g/mol. The molecule has 0 heterocycles. The summed E-state index contributed by atoms with van der Waals surface area (Å²) in [5.74, 6) is -0.0132. The zero-order chi connectivity index (χ0) is 64.9. The fraction of sp³-hybridized carbons (Fsp3) is 0.929. The summed E-state index contributed by atoms with van der Waals surface area (Å²) in [6.45, 7) is 4.96. The first-order valence-corrected chi connectivity index (χ1v) is 41.6. The molecule has 0 aliphatic rings. The van der Waals surface area contributed by atoms with E-state index in [2.05, 4.69) is 43.5 Å². The van der Waals surface area contributed by atoms with Crippen LogP contribution in [0.3, 0.4) is 0 Å². The third kappa shape index (κ3) is 75.4.